The monoisotopic (exact) mass is 492 g/mol. The SMILES string of the molecule is COCCOc1cc2[nH]nc(-c3cc(-c4ccc(C(=O)N5CCC56COC6)c(C)c4)no3)c2cc1F. The van der Waals surface area contributed by atoms with Crippen LogP contribution in [0.3, 0.4) is 0 Å². The third-order valence-electron chi connectivity index (χ3n) is 7.02. The number of H-pyrrole nitrogens is 1. The van der Waals surface area contributed by atoms with Crippen molar-refractivity contribution in [1.29, 1.82) is 0 Å². The Labute approximate surface area is 206 Å². The first-order valence-electron chi connectivity index (χ1n) is 11.8. The molecule has 9 nitrogen and oxygen atoms in total. The predicted octanol–water partition coefficient (Wildman–Crippen LogP) is 3.97. The molecule has 6 rings (SSSR count). The molecule has 1 spiro atoms. The number of ether oxygens (including phenoxy) is 3. The van der Waals surface area contributed by atoms with Crippen LogP contribution in [0.15, 0.2) is 40.9 Å². The van der Waals surface area contributed by atoms with Gasteiger partial charge < -0.3 is 23.6 Å². The number of methoxy groups -OCH3 is 1. The first-order valence-corrected chi connectivity index (χ1v) is 11.8. The Hall–Kier alpha value is -3.76. The van der Waals surface area contributed by atoms with Crippen molar-refractivity contribution in [3.63, 3.8) is 0 Å². The number of hydrogen-bond acceptors (Lipinski definition) is 7. The molecule has 4 heterocycles. The first kappa shape index (κ1) is 22.7. The van der Waals surface area contributed by atoms with E-state index in [1.165, 1.54) is 6.07 Å². The van der Waals surface area contributed by atoms with Crippen molar-refractivity contribution >= 4 is 16.8 Å². The molecule has 0 aliphatic carbocycles. The molecule has 0 atom stereocenters. The van der Waals surface area contributed by atoms with Gasteiger partial charge in [0.2, 0.25) is 0 Å². The highest BCUT2D eigenvalue weighted by molar-refractivity contribution is 5.97. The second-order valence-corrected chi connectivity index (χ2v) is 9.27. The van der Waals surface area contributed by atoms with E-state index in [0.29, 0.717) is 53.4 Å². The fraction of sp³-hybridized carbons (Fsp3) is 0.346. The number of aromatic nitrogens is 3. The quantitative estimate of drug-likeness (QED) is 0.390. The van der Waals surface area contributed by atoms with Gasteiger partial charge in [-0.05, 0) is 37.1 Å². The molecule has 186 valence electrons. The molecule has 4 aromatic rings. The second-order valence-electron chi connectivity index (χ2n) is 9.27. The number of nitrogens with zero attached hydrogens (tertiary/aromatic N) is 3. The number of likely N-dealkylation sites (tertiary alicyclic amines) is 1. The number of hydrogen-bond donors (Lipinski definition) is 1. The zero-order valence-electron chi connectivity index (χ0n) is 20.0. The maximum atomic E-state index is 14.6. The zero-order chi connectivity index (χ0) is 24.9. The molecule has 2 fully saturated rings. The lowest BCUT2D eigenvalue weighted by molar-refractivity contribution is -0.172. The number of nitrogens with one attached hydrogen (secondary N) is 1. The summed E-state index contributed by atoms with van der Waals surface area (Å²) in [5.74, 6) is 0.0421. The molecule has 10 heteroatoms. The number of halogens is 1. The predicted molar refractivity (Wildman–Crippen MR) is 128 cm³/mol. The zero-order valence-corrected chi connectivity index (χ0v) is 20.0. The van der Waals surface area contributed by atoms with E-state index in [1.807, 2.05) is 30.0 Å². The van der Waals surface area contributed by atoms with Gasteiger partial charge in [0.15, 0.2) is 17.3 Å². The average Bonchev–Trinajstić information content (AvgIpc) is 3.44. The van der Waals surface area contributed by atoms with E-state index in [0.717, 1.165) is 24.1 Å². The normalized spacial score (nSPS) is 16.2. The molecular formula is C26H25FN4O5. The van der Waals surface area contributed by atoms with Gasteiger partial charge in [0.05, 0.1) is 30.9 Å². The Bertz CT molecular complexity index is 1450. The lowest BCUT2D eigenvalue weighted by atomic mass is 9.82. The molecule has 0 saturated carbocycles. The van der Waals surface area contributed by atoms with Crippen LogP contribution in [0.5, 0.6) is 5.75 Å². The highest BCUT2D eigenvalue weighted by atomic mass is 19.1. The summed E-state index contributed by atoms with van der Waals surface area (Å²) in [5, 5.41) is 11.9. The van der Waals surface area contributed by atoms with E-state index >= 15 is 0 Å². The minimum atomic E-state index is -0.505. The molecule has 1 amide bonds. The third kappa shape index (κ3) is 3.64. The standard InChI is InChI=1S/C26H25FN4O5/c1-15-9-16(3-4-17(15)25(32)31-6-5-26(31)13-34-14-26)20-11-23(36-30-20)24-18-10-19(27)22(35-8-7-33-2)12-21(18)28-29-24/h3-4,9-12H,5-8,13-14H2,1-2H3,(H,28,29). The molecule has 2 aromatic carbocycles. The van der Waals surface area contributed by atoms with E-state index < -0.39 is 5.82 Å². The maximum absolute atomic E-state index is 14.6. The number of carbonyl (C=O) groups is 1. The molecule has 0 radical (unpaired) electrons. The highest BCUT2D eigenvalue weighted by Crippen LogP contribution is 2.39. The number of carbonyl (C=O) groups excluding carboxylic acids is 1. The van der Waals surface area contributed by atoms with Crippen LogP contribution in [-0.4, -0.2) is 71.8 Å². The van der Waals surface area contributed by atoms with Crippen molar-refractivity contribution < 1.29 is 27.9 Å². The van der Waals surface area contributed by atoms with Gasteiger partial charge >= 0.3 is 0 Å². The summed E-state index contributed by atoms with van der Waals surface area (Å²) in [4.78, 5) is 15.0. The molecular weight excluding hydrogens is 467 g/mol. The molecule has 36 heavy (non-hydrogen) atoms. The molecule has 2 saturated heterocycles. The van der Waals surface area contributed by atoms with Crippen LogP contribution < -0.4 is 4.74 Å². The molecule has 2 aromatic heterocycles. The summed E-state index contributed by atoms with van der Waals surface area (Å²) in [6.45, 7) is 4.50. The number of benzene rings is 2. The summed E-state index contributed by atoms with van der Waals surface area (Å²) in [5.41, 5.74) is 3.88. The van der Waals surface area contributed by atoms with Crippen molar-refractivity contribution in [3.8, 4) is 28.5 Å². The summed E-state index contributed by atoms with van der Waals surface area (Å²) in [6.07, 6.45) is 0.992. The third-order valence-corrected chi connectivity index (χ3v) is 7.02. The van der Waals surface area contributed by atoms with E-state index in [-0.39, 0.29) is 23.8 Å². The van der Waals surface area contributed by atoms with Crippen LogP contribution in [0.4, 0.5) is 4.39 Å². The van der Waals surface area contributed by atoms with Crippen LogP contribution in [0.1, 0.15) is 22.3 Å². The van der Waals surface area contributed by atoms with Gasteiger partial charge in [-0.15, -0.1) is 0 Å². The van der Waals surface area contributed by atoms with Crippen LogP contribution >= 0.6 is 0 Å². The molecule has 0 bridgehead atoms. The fourth-order valence-corrected chi connectivity index (χ4v) is 4.78. The summed E-state index contributed by atoms with van der Waals surface area (Å²) in [7, 11) is 1.55. The van der Waals surface area contributed by atoms with Crippen LogP contribution in [0.25, 0.3) is 33.6 Å². The lowest BCUT2D eigenvalue weighted by Gasteiger charge is -2.57. The van der Waals surface area contributed by atoms with Crippen LogP contribution in [0.2, 0.25) is 0 Å². The van der Waals surface area contributed by atoms with Gasteiger partial charge in [0, 0.05) is 42.3 Å². The van der Waals surface area contributed by atoms with Crippen molar-refractivity contribution in [2.45, 2.75) is 18.9 Å². The largest absolute Gasteiger partial charge is 0.488 e. The van der Waals surface area contributed by atoms with Crippen LogP contribution in [-0.2, 0) is 9.47 Å². The minimum Gasteiger partial charge on any atom is -0.488 e. The number of amides is 1. The fourth-order valence-electron chi connectivity index (χ4n) is 4.78. The van der Waals surface area contributed by atoms with Crippen molar-refractivity contribution in [2.75, 3.05) is 40.1 Å². The summed E-state index contributed by atoms with van der Waals surface area (Å²) < 4.78 is 35.9. The Morgan fingerprint density at radius 1 is 1.22 bits per heavy atom. The number of aryl methyl sites for hydroxylation is 1. The Balaban J connectivity index is 1.24. The summed E-state index contributed by atoms with van der Waals surface area (Å²) >= 11 is 0. The molecule has 2 aliphatic rings. The number of fused-ring (bicyclic) bond motifs is 1. The lowest BCUT2D eigenvalue weighted by Crippen LogP contribution is -2.72. The minimum absolute atomic E-state index is 0.0324. The van der Waals surface area contributed by atoms with E-state index in [1.54, 1.807) is 19.2 Å². The van der Waals surface area contributed by atoms with Gasteiger partial charge in [-0.1, -0.05) is 11.2 Å². The molecule has 2 aliphatic heterocycles. The first-order chi connectivity index (χ1) is 17.5. The van der Waals surface area contributed by atoms with Crippen LogP contribution in [0, 0.1) is 12.7 Å². The van der Waals surface area contributed by atoms with Crippen molar-refractivity contribution in [1.82, 2.24) is 20.3 Å². The number of aromatic amines is 1. The Morgan fingerprint density at radius 2 is 2.08 bits per heavy atom. The molecule has 0 unspecified atom stereocenters. The average molecular weight is 493 g/mol. The van der Waals surface area contributed by atoms with Crippen molar-refractivity contribution in [3.05, 3.63) is 53.3 Å². The van der Waals surface area contributed by atoms with Gasteiger partial charge in [-0.3, -0.25) is 9.89 Å². The highest BCUT2D eigenvalue weighted by Gasteiger charge is 2.53. The van der Waals surface area contributed by atoms with Gasteiger partial charge in [-0.2, -0.15) is 5.10 Å². The Kier molecular flexibility index (Phi) is 5.50. The van der Waals surface area contributed by atoms with E-state index in [9.17, 15) is 9.18 Å². The smallest absolute Gasteiger partial charge is 0.254 e. The van der Waals surface area contributed by atoms with Crippen molar-refractivity contribution in [2.24, 2.45) is 0 Å². The van der Waals surface area contributed by atoms with E-state index in [4.69, 9.17) is 18.7 Å². The summed E-state index contributed by atoms with van der Waals surface area (Å²) in [6, 6.07) is 10.3. The Morgan fingerprint density at radius 3 is 2.78 bits per heavy atom. The number of rotatable bonds is 7. The maximum Gasteiger partial charge on any atom is 0.254 e. The second kappa shape index (κ2) is 8.72. The van der Waals surface area contributed by atoms with Gasteiger partial charge in [-0.25, -0.2) is 4.39 Å². The van der Waals surface area contributed by atoms with E-state index in [2.05, 4.69) is 15.4 Å². The molecule has 1 N–H and O–H groups in total. The topological polar surface area (TPSA) is 103 Å². The van der Waals surface area contributed by atoms with Gasteiger partial charge in [0.25, 0.3) is 5.91 Å². The van der Waals surface area contributed by atoms with Gasteiger partial charge in [0.1, 0.15) is 18.0 Å².